The smallest absolute Gasteiger partial charge is 0.171 e. The molecule has 0 bridgehead atoms. The van der Waals surface area contributed by atoms with E-state index in [1.165, 1.54) is 16.3 Å². The molecule has 23 heavy (non-hydrogen) atoms. The molecular weight excluding hydrogens is 304 g/mol. The van der Waals surface area contributed by atoms with Crippen molar-refractivity contribution in [3.63, 3.8) is 0 Å². The highest BCUT2D eigenvalue weighted by molar-refractivity contribution is 7.80. The lowest BCUT2D eigenvalue weighted by Crippen LogP contribution is -2.28. The number of nitrogens with one attached hydrogen (secondary N) is 2. The van der Waals surface area contributed by atoms with Gasteiger partial charge in [0.05, 0.1) is 12.8 Å². The molecule has 0 amide bonds. The molecule has 3 rings (SSSR count). The quantitative estimate of drug-likeness (QED) is 0.700. The number of rotatable bonds is 4. The molecule has 0 saturated heterocycles. The van der Waals surface area contributed by atoms with Crippen molar-refractivity contribution in [2.45, 2.75) is 6.54 Å². The Balaban J connectivity index is 1.69. The summed E-state index contributed by atoms with van der Waals surface area (Å²) in [5.74, 6) is 0.766. The highest BCUT2D eigenvalue weighted by Gasteiger charge is 2.05. The zero-order valence-electron chi connectivity index (χ0n) is 12.9. The van der Waals surface area contributed by atoms with Gasteiger partial charge in [-0.1, -0.05) is 54.6 Å². The van der Waals surface area contributed by atoms with Crippen LogP contribution in [0, 0.1) is 0 Å². The predicted molar refractivity (Wildman–Crippen MR) is 100 cm³/mol. The van der Waals surface area contributed by atoms with Crippen LogP contribution in [-0.2, 0) is 6.54 Å². The van der Waals surface area contributed by atoms with Crippen LogP contribution in [0.15, 0.2) is 66.7 Å². The monoisotopic (exact) mass is 322 g/mol. The summed E-state index contributed by atoms with van der Waals surface area (Å²) in [5, 5.41) is 9.47. The molecule has 0 radical (unpaired) electrons. The van der Waals surface area contributed by atoms with Crippen LogP contribution in [0.4, 0.5) is 5.69 Å². The minimum absolute atomic E-state index is 0.572. The second-order valence-corrected chi connectivity index (χ2v) is 5.55. The third-order valence-corrected chi connectivity index (χ3v) is 3.92. The fraction of sp³-hybridized carbons (Fsp3) is 0.105. The van der Waals surface area contributed by atoms with E-state index in [-0.39, 0.29) is 0 Å². The summed E-state index contributed by atoms with van der Waals surface area (Å²) >= 11 is 5.39. The lowest BCUT2D eigenvalue weighted by molar-refractivity contribution is 0.417. The van der Waals surface area contributed by atoms with Crippen molar-refractivity contribution in [3.05, 3.63) is 72.3 Å². The van der Waals surface area contributed by atoms with Crippen molar-refractivity contribution in [3.8, 4) is 5.75 Å². The first-order chi connectivity index (χ1) is 11.3. The third kappa shape index (κ3) is 3.60. The van der Waals surface area contributed by atoms with Crippen molar-refractivity contribution in [2.24, 2.45) is 0 Å². The molecule has 116 valence electrons. The van der Waals surface area contributed by atoms with Gasteiger partial charge in [-0.05, 0) is 40.7 Å². The minimum atomic E-state index is 0.572. The number of hydrogen-bond donors (Lipinski definition) is 2. The first-order valence-corrected chi connectivity index (χ1v) is 7.83. The van der Waals surface area contributed by atoms with E-state index in [0.29, 0.717) is 11.7 Å². The number of ether oxygens (including phenoxy) is 1. The molecule has 0 heterocycles. The summed E-state index contributed by atoms with van der Waals surface area (Å²) in [7, 11) is 1.65. The first-order valence-electron chi connectivity index (χ1n) is 7.42. The van der Waals surface area contributed by atoms with Gasteiger partial charge in [0.1, 0.15) is 5.75 Å². The molecule has 0 fully saturated rings. The second kappa shape index (κ2) is 7.11. The molecule has 0 aliphatic rings. The zero-order valence-corrected chi connectivity index (χ0v) is 13.7. The summed E-state index contributed by atoms with van der Waals surface area (Å²) in [6.45, 7) is 0.669. The number of benzene rings is 3. The van der Waals surface area contributed by atoms with Gasteiger partial charge in [0, 0.05) is 6.54 Å². The Morgan fingerprint density at radius 2 is 1.70 bits per heavy atom. The fourth-order valence-electron chi connectivity index (χ4n) is 2.54. The summed E-state index contributed by atoms with van der Waals surface area (Å²) in [4.78, 5) is 0. The highest BCUT2D eigenvalue weighted by atomic mass is 32.1. The number of para-hydroxylation sites is 2. The van der Waals surface area contributed by atoms with E-state index in [0.717, 1.165) is 11.4 Å². The summed E-state index contributed by atoms with van der Waals surface area (Å²) < 4.78 is 5.32. The molecule has 2 N–H and O–H groups in total. The van der Waals surface area contributed by atoms with Gasteiger partial charge in [0.25, 0.3) is 0 Å². The maximum Gasteiger partial charge on any atom is 0.171 e. The maximum atomic E-state index is 5.39. The van der Waals surface area contributed by atoms with Crippen LogP contribution in [0.3, 0.4) is 0 Å². The van der Waals surface area contributed by atoms with Crippen molar-refractivity contribution >= 4 is 33.8 Å². The van der Waals surface area contributed by atoms with Gasteiger partial charge >= 0.3 is 0 Å². The Labute approximate surface area is 141 Å². The van der Waals surface area contributed by atoms with Crippen molar-refractivity contribution < 1.29 is 4.74 Å². The van der Waals surface area contributed by atoms with Gasteiger partial charge in [0.2, 0.25) is 0 Å². The summed E-state index contributed by atoms with van der Waals surface area (Å²) in [6.07, 6.45) is 0. The average molecular weight is 322 g/mol. The van der Waals surface area contributed by atoms with Crippen LogP contribution in [-0.4, -0.2) is 12.2 Å². The predicted octanol–water partition coefficient (Wildman–Crippen LogP) is 4.34. The van der Waals surface area contributed by atoms with Gasteiger partial charge in [-0.25, -0.2) is 0 Å². The number of hydrogen-bond acceptors (Lipinski definition) is 2. The molecule has 0 aromatic heterocycles. The second-order valence-electron chi connectivity index (χ2n) is 5.15. The van der Waals surface area contributed by atoms with Crippen LogP contribution in [0.5, 0.6) is 5.75 Å². The molecule has 3 aromatic carbocycles. The number of fused-ring (bicyclic) bond motifs is 1. The molecule has 3 aromatic rings. The molecule has 4 heteroatoms. The van der Waals surface area contributed by atoms with Gasteiger partial charge in [-0.3, -0.25) is 0 Å². The summed E-state index contributed by atoms with van der Waals surface area (Å²) in [5.41, 5.74) is 2.07. The van der Waals surface area contributed by atoms with Gasteiger partial charge in [0.15, 0.2) is 5.11 Å². The van der Waals surface area contributed by atoms with Crippen LogP contribution in [0.2, 0.25) is 0 Å². The Morgan fingerprint density at radius 1 is 0.957 bits per heavy atom. The molecular formula is C19H18N2OS. The van der Waals surface area contributed by atoms with Crippen LogP contribution in [0.1, 0.15) is 5.56 Å². The molecule has 0 unspecified atom stereocenters. The normalized spacial score (nSPS) is 10.3. The van der Waals surface area contributed by atoms with Crippen LogP contribution in [0.25, 0.3) is 10.8 Å². The van der Waals surface area contributed by atoms with Gasteiger partial charge < -0.3 is 15.4 Å². The average Bonchev–Trinajstić information content (AvgIpc) is 2.60. The zero-order chi connectivity index (χ0) is 16.1. The number of methoxy groups -OCH3 is 1. The third-order valence-electron chi connectivity index (χ3n) is 3.67. The largest absolute Gasteiger partial charge is 0.495 e. The van der Waals surface area contributed by atoms with E-state index in [1.54, 1.807) is 7.11 Å². The van der Waals surface area contributed by atoms with Crippen LogP contribution < -0.4 is 15.4 Å². The van der Waals surface area contributed by atoms with Crippen molar-refractivity contribution in [1.29, 1.82) is 0 Å². The standard InChI is InChI=1S/C19H18N2OS/c1-22-18-12-5-4-11-17(18)21-19(23)20-13-15-9-6-8-14-7-2-3-10-16(14)15/h2-12H,13H2,1H3,(H2,20,21,23). The van der Waals surface area contributed by atoms with E-state index in [9.17, 15) is 0 Å². The molecule has 0 spiro atoms. The highest BCUT2D eigenvalue weighted by Crippen LogP contribution is 2.23. The lowest BCUT2D eigenvalue weighted by Gasteiger charge is -2.14. The topological polar surface area (TPSA) is 33.3 Å². The maximum absolute atomic E-state index is 5.39. The van der Waals surface area contributed by atoms with E-state index in [4.69, 9.17) is 17.0 Å². The Kier molecular flexibility index (Phi) is 4.74. The van der Waals surface area contributed by atoms with Crippen molar-refractivity contribution in [1.82, 2.24) is 5.32 Å². The van der Waals surface area contributed by atoms with Gasteiger partial charge in [-0.2, -0.15) is 0 Å². The number of anilines is 1. The molecule has 0 aliphatic heterocycles. The molecule has 0 saturated carbocycles. The molecule has 3 nitrogen and oxygen atoms in total. The lowest BCUT2D eigenvalue weighted by atomic mass is 10.0. The van der Waals surface area contributed by atoms with E-state index in [1.807, 2.05) is 30.3 Å². The Morgan fingerprint density at radius 3 is 2.57 bits per heavy atom. The Bertz CT molecular complexity index is 827. The fourth-order valence-corrected chi connectivity index (χ4v) is 2.72. The van der Waals surface area contributed by atoms with E-state index in [2.05, 4.69) is 47.0 Å². The van der Waals surface area contributed by atoms with E-state index < -0.39 is 0 Å². The molecule has 0 aliphatic carbocycles. The molecule has 0 atom stereocenters. The Hall–Kier alpha value is -2.59. The first kappa shape index (κ1) is 15.3. The van der Waals surface area contributed by atoms with Gasteiger partial charge in [-0.15, -0.1) is 0 Å². The van der Waals surface area contributed by atoms with E-state index >= 15 is 0 Å². The summed E-state index contributed by atoms with van der Waals surface area (Å²) in [6, 6.07) is 22.3. The minimum Gasteiger partial charge on any atom is -0.495 e. The number of thiocarbonyl (C=S) groups is 1. The van der Waals surface area contributed by atoms with Crippen molar-refractivity contribution in [2.75, 3.05) is 12.4 Å². The van der Waals surface area contributed by atoms with Crippen LogP contribution >= 0.6 is 12.2 Å². The SMILES string of the molecule is COc1ccccc1NC(=S)NCc1cccc2ccccc12.